The maximum Gasteiger partial charge on any atom is 0.309 e. The molecule has 0 radical (unpaired) electrons. The van der Waals surface area contributed by atoms with Crippen LogP contribution >= 0.6 is 0 Å². The lowest BCUT2D eigenvalue weighted by Crippen LogP contribution is -2.40. The van der Waals surface area contributed by atoms with Crippen LogP contribution in [0.3, 0.4) is 0 Å². The topological polar surface area (TPSA) is 67.4 Å². The van der Waals surface area contributed by atoms with Crippen LogP contribution < -0.4 is 15.4 Å². The van der Waals surface area contributed by atoms with E-state index in [1.54, 1.807) is 0 Å². The minimum Gasteiger partial charge on any atom is -0.494 e. The minimum absolute atomic E-state index is 0.322. The molecular weight excluding hydrogens is 268 g/mol. The van der Waals surface area contributed by atoms with Gasteiger partial charge in [-0.2, -0.15) is 0 Å². The predicted octanol–water partition coefficient (Wildman–Crippen LogP) is 1.86. The first kappa shape index (κ1) is 17.0. The SMILES string of the molecule is CCOc1ccc(CNC(=O)C(=O)NCCC(C)C)cc1. The molecule has 1 aromatic carbocycles. The molecule has 2 N–H and O–H groups in total. The number of carbonyl (C=O) groups is 2. The Labute approximate surface area is 126 Å². The van der Waals surface area contributed by atoms with E-state index in [0.717, 1.165) is 17.7 Å². The lowest BCUT2D eigenvalue weighted by atomic mass is 10.1. The molecule has 0 saturated carbocycles. The summed E-state index contributed by atoms with van der Waals surface area (Å²) in [5.41, 5.74) is 0.918. The van der Waals surface area contributed by atoms with Gasteiger partial charge in [-0.15, -0.1) is 0 Å². The lowest BCUT2D eigenvalue weighted by molar-refractivity contribution is -0.139. The summed E-state index contributed by atoms with van der Waals surface area (Å²) < 4.78 is 5.34. The van der Waals surface area contributed by atoms with Crippen molar-refractivity contribution >= 4 is 11.8 Å². The molecule has 0 atom stereocenters. The van der Waals surface area contributed by atoms with Gasteiger partial charge < -0.3 is 15.4 Å². The number of benzene rings is 1. The molecule has 1 aromatic rings. The Hall–Kier alpha value is -2.04. The Morgan fingerprint density at radius 2 is 1.71 bits per heavy atom. The van der Waals surface area contributed by atoms with Crippen LogP contribution in [0.2, 0.25) is 0 Å². The maximum absolute atomic E-state index is 11.6. The first-order chi connectivity index (χ1) is 10.0. The molecule has 0 aliphatic rings. The smallest absolute Gasteiger partial charge is 0.309 e. The molecule has 0 bridgehead atoms. The van der Waals surface area contributed by atoms with Crippen LogP contribution in [0.1, 0.15) is 32.8 Å². The lowest BCUT2D eigenvalue weighted by Gasteiger charge is -2.08. The van der Waals surface area contributed by atoms with E-state index in [1.165, 1.54) is 0 Å². The van der Waals surface area contributed by atoms with Crippen molar-refractivity contribution in [3.63, 3.8) is 0 Å². The Morgan fingerprint density at radius 3 is 2.29 bits per heavy atom. The summed E-state index contributed by atoms with van der Waals surface area (Å²) >= 11 is 0. The van der Waals surface area contributed by atoms with Crippen LogP contribution in [-0.4, -0.2) is 25.0 Å². The number of hydrogen-bond acceptors (Lipinski definition) is 3. The Morgan fingerprint density at radius 1 is 1.10 bits per heavy atom. The van der Waals surface area contributed by atoms with Crippen LogP contribution in [0.15, 0.2) is 24.3 Å². The van der Waals surface area contributed by atoms with Crippen LogP contribution in [0.25, 0.3) is 0 Å². The van der Waals surface area contributed by atoms with E-state index in [1.807, 2.05) is 31.2 Å². The zero-order chi connectivity index (χ0) is 15.7. The fraction of sp³-hybridized carbons (Fsp3) is 0.500. The van der Waals surface area contributed by atoms with E-state index in [4.69, 9.17) is 4.74 Å². The van der Waals surface area contributed by atoms with Gasteiger partial charge in [-0.05, 0) is 37.0 Å². The Bertz CT molecular complexity index is 455. The molecule has 0 aliphatic carbocycles. The molecule has 0 heterocycles. The van der Waals surface area contributed by atoms with E-state index in [0.29, 0.717) is 25.6 Å². The summed E-state index contributed by atoms with van der Waals surface area (Å²) in [5, 5.41) is 5.20. The van der Waals surface area contributed by atoms with Gasteiger partial charge in [0.25, 0.3) is 0 Å². The summed E-state index contributed by atoms with van der Waals surface area (Å²) in [6, 6.07) is 7.41. The standard InChI is InChI=1S/C16H24N2O3/c1-4-21-14-7-5-13(6-8-14)11-18-16(20)15(19)17-10-9-12(2)3/h5-8,12H,4,9-11H2,1-3H3,(H,17,19)(H,18,20). The second kappa shape index (κ2) is 9.00. The second-order valence-corrected chi connectivity index (χ2v) is 5.20. The van der Waals surface area contributed by atoms with Crippen LogP contribution in [0, 0.1) is 5.92 Å². The molecule has 2 amide bonds. The van der Waals surface area contributed by atoms with Gasteiger partial charge in [-0.3, -0.25) is 9.59 Å². The zero-order valence-electron chi connectivity index (χ0n) is 12.9. The van der Waals surface area contributed by atoms with E-state index in [-0.39, 0.29) is 0 Å². The highest BCUT2D eigenvalue weighted by Gasteiger charge is 2.12. The molecule has 0 spiro atoms. The van der Waals surface area contributed by atoms with Crippen molar-refractivity contribution in [2.24, 2.45) is 5.92 Å². The van der Waals surface area contributed by atoms with Crippen LogP contribution in [0.4, 0.5) is 0 Å². The summed E-state index contributed by atoms with van der Waals surface area (Å²) in [6.45, 7) is 7.52. The Balaban J connectivity index is 2.33. The van der Waals surface area contributed by atoms with Crippen molar-refractivity contribution in [2.45, 2.75) is 33.7 Å². The average molecular weight is 292 g/mol. The highest BCUT2D eigenvalue weighted by molar-refractivity contribution is 6.35. The van der Waals surface area contributed by atoms with Crippen molar-refractivity contribution in [1.82, 2.24) is 10.6 Å². The van der Waals surface area contributed by atoms with Crippen molar-refractivity contribution in [3.8, 4) is 5.75 Å². The van der Waals surface area contributed by atoms with Gasteiger partial charge >= 0.3 is 11.8 Å². The largest absolute Gasteiger partial charge is 0.494 e. The number of carbonyl (C=O) groups excluding carboxylic acids is 2. The normalized spacial score (nSPS) is 10.3. The second-order valence-electron chi connectivity index (χ2n) is 5.20. The molecule has 1 rings (SSSR count). The molecule has 0 fully saturated rings. The first-order valence-corrected chi connectivity index (χ1v) is 7.30. The van der Waals surface area contributed by atoms with Gasteiger partial charge in [0.15, 0.2) is 0 Å². The number of amides is 2. The number of ether oxygens (including phenoxy) is 1. The van der Waals surface area contributed by atoms with Gasteiger partial charge in [-0.25, -0.2) is 0 Å². The van der Waals surface area contributed by atoms with Gasteiger partial charge in [0.1, 0.15) is 5.75 Å². The molecule has 5 nitrogen and oxygen atoms in total. The first-order valence-electron chi connectivity index (χ1n) is 7.30. The number of nitrogens with one attached hydrogen (secondary N) is 2. The van der Waals surface area contributed by atoms with Gasteiger partial charge in [0.05, 0.1) is 6.61 Å². The van der Waals surface area contributed by atoms with Crippen molar-refractivity contribution < 1.29 is 14.3 Å². The Kier molecular flexibility index (Phi) is 7.29. The quantitative estimate of drug-likeness (QED) is 0.754. The minimum atomic E-state index is -0.604. The van der Waals surface area contributed by atoms with Gasteiger partial charge in [0.2, 0.25) is 0 Å². The fourth-order valence-electron chi connectivity index (χ4n) is 1.69. The highest BCUT2D eigenvalue weighted by atomic mass is 16.5. The summed E-state index contributed by atoms with van der Waals surface area (Å²) in [5.74, 6) is 0.102. The molecule has 21 heavy (non-hydrogen) atoms. The fourth-order valence-corrected chi connectivity index (χ4v) is 1.69. The molecule has 0 unspecified atom stereocenters. The van der Waals surface area contributed by atoms with Crippen molar-refractivity contribution in [1.29, 1.82) is 0 Å². The third kappa shape index (κ3) is 6.79. The predicted molar refractivity (Wildman–Crippen MR) is 81.9 cm³/mol. The maximum atomic E-state index is 11.6. The van der Waals surface area contributed by atoms with Crippen molar-refractivity contribution in [3.05, 3.63) is 29.8 Å². The van der Waals surface area contributed by atoms with Crippen LogP contribution in [-0.2, 0) is 16.1 Å². The van der Waals surface area contributed by atoms with E-state index >= 15 is 0 Å². The van der Waals surface area contributed by atoms with Crippen molar-refractivity contribution in [2.75, 3.05) is 13.2 Å². The van der Waals surface area contributed by atoms with E-state index in [2.05, 4.69) is 24.5 Å². The third-order valence-electron chi connectivity index (χ3n) is 2.90. The van der Waals surface area contributed by atoms with Crippen LogP contribution in [0.5, 0.6) is 5.75 Å². The summed E-state index contributed by atoms with van der Waals surface area (Å²) in [4.78, 5) is 23.2. The monoisotopic (exact) mass is 292 g/mol. The molecule has 0 aliphatic heterocycles. The van der Waals surface area contributed by atoms with E-state index < -0.39 is 11.8 Å². The highest BCUT2D eigenvalue weighted by Crippen LogP contribution is 2.11. The summed E-state index contributed by atoms with van der Waals surface area (Å²) in [7, 11) is 0. The van der Waals surface area contributed by atoms with E-state index in [9.17, 15) is 9.59 Å². The molecular formula is C16H24N2O3. The molecule has 0 saturated heterocycles. The number of hydrogen-bond donors (Lipinski definition) is 2. The molecule has 0 aromatic heterocycles. The summed E-state index contributed by atoms with van der Waals surface area (Å²) in [6.07, 6.45) is 0.859. The third-order valence-corrected chi connectivity index (χ3v) is 2.90. The van der Waals surface area contributed by atoms with Gasteiger partial charge in [-0.1, -0.05) is 26.0 Å². The molecule has 116 valence electrons. The average Bonchev–Trinajstić information content (AvgIpc) is 2.46. The van der Waals surface area contributed by atoms with Gasteiger partial charge in [0, 0.05) is 13.1 Å². The zero-order valence-corrected chi connectivity index (χ0v) is 12.9. The number of rotatable bonds is 7. The molecule has 5 heteroatoms.